The van der Waals surface area contributed by atoms with Crippen LogP contribution in [0.25, 0.3) is 11.8 Å². The molecule has 5 aromatic rings. The highest BCUT2D eigenvalue weighted by Gasteiger charge is 2.35. The van der Waals surface area contributed by atoms with E-state index in [-0.39, 0.29) is 30.2 Å². The molecule has 0 radical (unpaired) electrons. The van der Waals surface area contributed by atoms with E-state index in [1.807, 2.05) is 73.7 Å². The predicted molar refractivity (Wildman–Crippen MR) is 196 cm³/mol. The van der Waals surface area contributed by atoms with Gasteiger partial charge in [-0.15, -0.1) is 0 Å². The van der Waals surface area contributed by atoms with E-state index in [9.17, 15) is 14.0 Å². The van der Waals surface area contributed by atoms with Crippen molar-refractivity contribution in [3.05, 3.63) is 152 Å². The van der Waals surface area contributed by atoms with E-state index >= 15 is 0 Å². The Kier molecular flexibility index (Phi) is 10.6. The number of thiazole rings is 1. The Bertz CT molecular complexity index is 2200. The summed E-state index contributed by atoms with van der Waals surface area (Å²) in [5.41, 5.74) is 2.82. The van der Waals surface area contributed by atoms with Gasteiger partial charge in [-0.1, -0.05) is 87.9 Å². The maximum atomic E-state index is 14.4. The minimum Gasteiger partial charge on any atom is -0.494 e. The zero-order valence-corrected chi connectivity index (χ0v) is 30.5. The van der Waals surface area contributed by atoms with Gasteiger partial charge in [0.15, 0.2) is 4.80 Å². The number of carbonyl (C=O) groups excluding carboxylic acids is 1. The molecule has 0 saturated heterocycles. The molecule has 7 nitrogen and oxygen atoms in total. The predicted octanol–water partition coefficient (Wildman–Crippen LogP) is 7.42. The maximum Gasteiger partial charge on any atom is 0.338 e. The molecule has 0 saturated carbocycles. The van der Waals surface area contributed by atoms with Crippen LogP contribution in [0.4, 0.5) is 4.39 Å². The molecule has 0 fully saturated rings. The van der Waals surface area contributed by atoms with Gasteiger partial charge in [0.2, 0.25) is 0 Å². The highest BCUT2D eigenvalue weighted by molar-refractivity contribution is 14.1. The number of halogens is 3. The van der Waals surface area contributed by atoms with Gasteiger partial charge in [0.1, 0.15) is 23.9 Å². The summed E-state index contributed by atoms with van der Waals surface area (Å²) >= 11 is 6.94. The van der Waals surface area contributed by atoms with Gasteiger partial charge in [-0.2, -0.15) is 0 Å². The van der Waals surface area contributed by atoms with Crippen molar-refractivity contribution < 1.29 is 23.4 Å². The second kappa shape index (κ2) is 15.0. The molecule has 6 rings (SSSR count). The van der Waals surface area contributed by atoms with Crippen molar-refractivity contribution in [1.29, 1.82) is 0 Å². The molecule has 0 amide bonds. The number of nitrogens with zero attached hydrogens (tertiary/aromatic N) is 2. The topological polar surface area (TPSA) is 79.1 Å². The average Bonchev–Trinajstić information content (AvgIpc) is 3.39. The molecule has 0 N–H and O–H groups in total. The number of benzene rings is 4. The first-order valence-electron chi connectivity index (χ1n) is 15.2. The first-order valence-corrected chi connectivity index (χ1v) is 17.8. The molecule has 48 heavy (non-hydrogen) atoms. The van der Waals surface area contributed by atoms with Gasteiger partial charge >= 0.3 is 5.97 Å². The second-order valence-electron chi connectivity index (χ2n) is 10.6. The lowest BCUT2D eigenvalue weighted by Gasteiger charge is -2.26. The van der Waals surface area contributed by atoms with Gasteiger partial charge in [-0.3, -0.25) is 9.36 Å². The summed E-state index contributed by atoms with van der Waals surface area (Å²) in [5, 5.41) is 0. The van der Waals surface area contributed by atoms with Crippen molar-refractivity contribution in [2.24, 2.45) is 4.99 Å². The number of esters is 1. The third-order valence-corrected chi connectivity index (χ3v) is 9.78. The second-order valence-corrected chi connectivity index (χ2v) is 13.7. The zero-order valence-electron chi connectivity index (χ0n) is 25.9. The Morgan fingerprint density at radius 2 is 1.73 bits per heavy atom. The SMILES string of the molecule is CCOC(=O)C1=C(c2ccccc2)N=c2s/c(=C\c3cc(Br)cc(I)c3OCc3ccccc3F)c(=O)n2[C@H]1c1ccc(OCC)cc1. The fraction of sp³-hybridized carbons (Fsp3) is 0.162. The van der Waals surface area contributed by atoms with E-state index in [4.69, 9.17) is 19.2 Å². The molecule has 1 aromatic heterocycles. The first kappa shape index (κ1) is 33.8. The normalized spacial score (nSPS) is 14.4. The molecule has 0 unspecified atom stereocenters. The van der Waals surface area contributed by atoms with E-state index in [0.717, 1.165) is 13.6 Å². The smallest absolute Gasteiger partial charge is 0.338 e. The molecule has 244 valence electrons. The van der Waals surface area contributed by atoms with Crippen molar-refractivity contribution in [2.45, 2.75) is 26.5 Å². The van der Waals surface area contributed by atoms with Gasteiger partial charge in [-0.25, -0.2) is 14.2 Å². The van der Waals surface area contributed by atoms with Crippen LogP contribution in [-0.4, -0.2) is 23.8 Å². The summed E-state index contributed by atoms with van der Waals surface area (Å²) in [5.74, 6) is 0.262. The van der Waals surface area contributed by atoms with E-state index in [2.05, 4.69) is 38.5 Å². The van der Waals surface area contributed by atoms with Crippen LogP contribution in [0.1, 0.15) is 42.1 Å². The number of fused-ring (bicyclic) bond motifs is 1. The highest BCUT2D eigenvalue weighted by Crippen LogP contribution is 2.36. The molecule has 1 aliphatic heterocycles. The van der Waals surface area contributed by atoms with Gasteiger partial charge in [0.05, 0.1) is 38.6 Å². The lowest BCUT2D eigenvalue weighted by molar-refractivity contribution is -0.138. The lowest BCUT2D eigenvalue weighted by Crippen LogP contribution is -2.40. The van der Waals surface area contributed by atoms with Gasteiger partial charge in [-0.05, 0) is 78.4 Å². The largest absolute Gasteiger partial charge is 0.494 e. The molecule has 0 aliphatic carbocycles. The van der Waals surface area contributed by atoms with E-state index in [1.165, 1.54) is 17.4 Å². The summed E-state index contributed by atoms with van der Waals surface area (Å²) in [4.78, 5) is 33.5. The number of aromatic nitrogens is 1. The Hall–Kier alpha value is -4.07. The number of hydrogen-bond acceptors (Lipinski definition) is 7. The van der Waals surface area contributed by atoms with Crippen molar-refractivity contribution in [2.75, 3.05) is 13.2 Å². The van der Waals surface area contributed by atoms with E-state index in [0.29, 0.717) is 49.8 Å². The molecule has 4 aromatic carbocycles. The Labute approximate surface area is 302 Å². The average molecular weight is 840 g/mol. The van der Waals surface area contributed by atoms with Crippen LogP contribution in [0.5, 0.6) is 11.5 Å². The molecule has 0 spiro atoms. The van der Waals surface area contributed by atoms with Crippen LogP contribution in [0.15, 0.2) is 111 Å². The third-order valence-electron chi connectivity index (χ3n) is 7.53. The summed E-state index contributed by atoms with van der Waals surface area (Å²) in [6, 6.07) is 26.1. The summed E-state index contributed by atoms with van der Waals surface area (Å²) in [6.07, 6.45) is 1.75. The van der Waals surface area contributed by atoms with E-state index < -0.39 is 12.0 Å². The zero-order chi connectivity index (χ0) is 33.8. The number of rotatable bonds is 10. The molecule has 0 bridgehead atoms. The number of carbonyl (C=O) groups is 1. The molecule has 11 heteroatoms. The lowest BCUT2D eigenvalue weighted by atomic mass is 9.93. The molecular weight excluding hydrogens is 810 g/mol. The Balaban J connectivity index is 1.56. The van der Waals surface area contributed by atoms with Crippen molar-refractivity contribution in [3.63, 3.8) is 0 Å². The van der Waals surface area contributed by atoms with Crippen LogP contribution < -0.4 is 24.4 Å². The summed E-state index contributed by atoms with van der Waals surface area (Å²) in [7, 11) is 0. The Morgan fingerprint density at radius 3 is 2.44 bits per heavy atom. The van der Waals surface area contributed by atoms with Crippen LogP contribution in [0, 0.1) is 9.39 Å². The summed E-state index contributed by atoms with van der Waals surface area (Å²) < 4.78 is 35.3. The van der Waals surface area contributed by atoms with Gasteiger partial charge < -0.3 is 14.2 Å². The monoisotopic (exact) mass is 838 g/mol. The Morgan fingerprint density at radius 1 is 1.00 bits per heavy atom. The third kappa shape index (κ3) is 7.03. The van der Waals surface area contributed by atoms with Crippen molar-refractivity contribution >= 4 is 67.6 Å². The molecule has 1 atom stereocenters. The standard InChI is InChI=1S/C37H29BrFIN2O5S/c1-3-45-27-16-14-23(15-17-27)33-31(36(44)46-4-2)32(22-10-6-5-7-11-22)41-37-42(33)35(43)30(48-37)19-25-18-26(38)20-29(40)34(25)47-21-24-12-8-9-13-28(24)39/h5-20,33H,3-4,21H2,1-2H3/b30-19-/t33-/m0/s1. The fourth-order valence-electron chi connectivity index (χ4n) is 5.42. The quantitative estimate of drug-likeness (QED) is 0.108. The van der Waals surface area contributed by atoms with Crippen molar-refractivity contribution in [3.8, 4) is 11.5 Å². The molecular formula is C37H29BrFIN2O5S. The van der Waals surface area contributed by atoms with Gasteiger partial charge in [0.25, 0.3) is 5.56 Å². The molecule has 1 aliphatic rings. The maximum absolute atomic E-state index is 14.4. The minimum atomic E-state index is -0.826. The minimum absolute atomic E-state index is 0.00741. The van der Waals surface area contributed by atoms with Crippen LogP contribution in [0.2, 0.25) is 0 Å². The number of ether oxygens (including phenoxy) is 3. The summed E-state index contributed by atoms with van der Waals surface area (Å²) in [6.45, 7) is 4.31. The van der Waals surface area contributed by atoms with Gasteiger partial charge in [0, 0.05) is 21.2 Å². The van der Waals surface area contributed by atoms with Crippen LogP contribution >= 0.6 is 49.9 Å². The highest BCUT2D eigenvalue weighted by atomic mass is 127. The van der Waals surface area contributed by atoms with Crippen molar-refractivity contribution in [1.82, 2.24) is 4.57 Å². The van der Waals surface area contributed by atoms with Crippen LogP contribution in [0.3, 0.4) is 0 Å². The molecule has 2 heterocycles. The fourth-order valence-corrected chi connectivity index (χ4v) is 8.11. The van der Waals surface area contributed by atoms with Crippen LogP contribution in [-0.2, 0) is 16.1 Å². The van der Waals surface area contributed by atoms with E-state index in [1.54, 1.807) is 35.8 Å². The number of hydrogen-bond donors (Lipinski definition) is 0. The first-order chi connectivity index (χ1) is 23.3.